The van der Waals surface area contributed by atoms with Gasteiger partial charge in [-0.15, -0.1) is 12.4 Å². The minimum atomic E-state index is -1.06. The van der Waals surface area contributed by atoms with E-state index in [2.05, 4.69) is 50.4 Å². The summed E-state index contributed by atoms with van der Waals surface area (Å²) in [6, 6.07) is 21.6. The molecule has 9 nitrogen and oxygen atoms in total. The Morgan fingerprint density at radius 3 is 2.43 bits per heavy atom. The van der Waals surface area contributed by atoms with E-state index in [0.717, 1.165) is 32.4 Å². The normalized spacial score (nSPS) is 18.1. The number of nitrogens with one attached hydrogen (secondary N) is 1. The van der Waals surface area contributed by atoms with Crippen molar-refractivity contribution in [2.45, 2.75) is 77.6 Å². The van der Waals surface area contributed by atoms with E-state index in [9.17, 15) is 14.7 Å². The Balaban J connectivity index is 0.00000583. The summed E-state index contributed by atoms with van der Waals surface area (Å²) in [5.41, 5.74) is 3.17. The maximum Gasteiger partial charge on any atom is 0.256 e. The number of aliphatic hydroxyl groups is 1. The third kappa shape index (κ3) is 11.1. The van der Waals surface area contributed by atoms with Gasteiger partial charge in [0.1, 0.15) is 12.2 Å². The van der Waals surface area contributed by atoms with Crippen LogP contribution in [-0.2, 0) is 20.7 Å². The molecular formula is C40H53Cl2N3O6. The second-order valence-corrected chi connectivity index (χ2v) is 14.9. The summed E-state index contributed by atoms with van der Waals surface area (Å²) >= 11 is 6.60. The molecule has 0 radical (unpaired) electrons. The van der Waals surface area contributed by atoms with Crippen LogP contribution < -0.4 is 19.7 Å². The number of benzene rings is 3. The van der Waals surface area contributed by atoms with Crippen molar-refractivity contribution in [3.63, 3.8) is 0 Å². The third-order valence-corrected chi connectivity index (χ3v) is 9.36. The van der Waals surface area contributed by atoms with Crippen LogP contribution in [-0.4, -0.2) is 80.5 Å². The van der Waals surface area contributed by atoms with Crippen molar-refractivity contribution in [1.82, 2.24) is 10.2 Å². The largest absolute Gasteiger partial charge is 0.492 e. The number of carbonyl (C=O) groups excluding carboxylic acids is 2. The van der Waals surface area contributed by atoms with Gasteiger partial charge in [0.15, 0.2) is 11.5 Å². The zero-order valence-electron chi connectivity index (χ0n) is 30.2. The highest BCUT2D eigenvalue weighted by atomic mass is 35.5. The van der Waals surface area contributed by atoms with Crippen LogP contribution in [0.3, 0.4) is 0 Å². The summed E-state index contributed by atoms with van der Waals surface area (Å²) in [4.78, 5) is 31.4. The number of para-hydroxylation sites is 1. The molecule has 0 spiro atoms. The van der Waals surface area contributed by atoms with Gasteiger partial charge in [-0.1, -0.05) is 74.8 Å². The van der Waals surface area contributed by atoms with E-state index >= 15 is 0 Å². The number of methoxy groups -OCH3 is 1. The molecule has 0 aliphatic carbocycles. The van der Waals surface area contributed by atoms with Crippen molar-refractivity contribution in [3.05, 3.63) is 88.4 Å². The number of hydrogen-bond acceptors (Lipinski definition) is 7. The molecule has 2 aliphatic heterocycles. The topological polar surface area (TPSA) is 101 Å². The Morgan fingerprint density at radius 1 is 1.00 bits per heavy atom. The van der Waals surface area contributed by atoms with Gasteiger partial charge in [0.2, 0.25) is 5.91 Å². The van der Waals surface area contributed by atoms with Crippen molar-refractivity contribution in [3.8, 4) is 11.5 Å². The Hall–Kier alpha value is -3.34. The first-order valence-electron chi connectivity index (χ1n) is 17.8. The quantitative estimate of drug-likeness (QED) is 0.172. The molecule has 11 heteroatoms. The number of halogens is 2. The Bertz CT molecular complexity index is 1580. The maximum atomic E-state index is 14.4. The smallest absolute Gasteiger partial charge is 0.256 e. The number of piperidine rings is 1. The van der Waals surface area contributed by atoms with E-state index in [1.165, 1.54) is 5.56 Å². The summed E-state index contributed by atoms with van der Waals surface area (Å²) in [5.74, 6) is 0.624. The number of nitrogens with zero attached hydrogens (tertiary/aromatic N) is 2. The maximum absolute atomic E-state index is 14.4. The number of aliphatic hydroxyl groups excluding tert-OH is 1. The van der Waals surface area contributed by atoms with Gasteiger partial charge in [-0.3, -0.25) is 9.59 Å². The monoisotopic (exact) mass is 741 g/mol. The number of rotatable bonds is 14. The van der Waals surface area contributed by atoms with Crippen molar-refractivity contribution >= 4 is 41.5 Å². The summed E-state index contributed by atoms with van der Waals surface area (Å²) in [5, 5.41) is 14.0. The molecule has 0 aromatic heterocycles. The summed E-state index contributed by atoms with van der Waals surface area (Å²) in [7, 11) is 1.60. The number of amides is 2. The molecular weight excluding hydrogens is 689 g/mol. The fourth-order valence-corrected chi connectivity index (χ4v) is 6.80. The molecule has 3 aromatic carbocycles. The summed E-state index contributed by atoms with van der Waals surface area (Å²) in [6.07, 6.45) is 1.59. The Labute approximate surface area is 314 Å². The first-order valence-corrected chi connectivity index (χ1v) is 18.2. The highest BCUT2D eigenvalue weighted by Crippen LogP contribution is 2.46. The van der Waals surface area contributed by atoms with Gasteiger partial charge in [0, 0.05) is 41.5 Å². The SMILES string of the molecule is COc1c(OCCCNCCCc2ccccc2)cccc1[C@@H]1O[C@@H](CC(=O)N2CCC(O)CC2)C(=O)N(CC(C)(C)C)c2ccc(Cl)cc21.Cl. The van der Waals surface area contributed by atoms with Crippen molar-refractivity contribution in [2.75, 3.05) is 51.3 Å². The number of carbonyl (C=O) groups is 2. The van der Waals surface area contributed by atoms with Gasteiger partial charge in [-0.25, -0.2) is 0 Å². The Morgan fingerprint density at radius 2 is 1.73 bits per heavy atom. The number of fused-ring (bicyclic) bond motifs is 1. The fraction of sp³-hybridized carbons (Fsp3) is 0.500. The van der Waals surface area contributed by atoms with E-state index in [4.69, 9.17) is 25.8 Å². The van der Waals surface area contributed by atoms with Crippen molar-refractivity contribution in [1.29, 1.82) is 0 Å². The minimum absolute atomic E-state index is 0. The van der Waals surface area contributed by atoms with E-state index in [1.807, 2.05) is 36.4 Å². The standard InChI is InChI=1S/C40H52ClN3O6.ClH/c1-40(2,3)27-44-33-17-16-29(41)25-32(33)37(50-35(39(44)47)26-36(46)43-22-18-30(45)19-23-43)31-14-8-15-34(38(31)48-4)49-24-10-21-42-20-9-13-28-11-6-5-7-12-28;/h5-8,11-12,14-17,25,30,35,37,42,45H,9-10,13,18-24,26-27H2,1-4H3;1H/t35-,37-;/m0./s1. The second kappa shape index (κ2) is 18.9. The molecule has 1 fully saturated rings. The lowest BCUT2D eigenvalue weighted by molar-refractivity contribution is -0.144. The van der Waals surface area contributed by atoms with Gasteiger partial charge in [0.05, 0.1) is 26.2 Å². The van der Waals surface area contributed by atoms with Crippen LogP contribution in [0.15, 0.2) is 66.7 Å². The van der Waals surface area contributed by atoms with Crippen LogP contribution in [0, 0.1) is 5.41 Å². The highest BCUT2D eigenvalue weighted by molar-refractivity contribution is 6.30. The number of ether oxygens (including phenoxy) is 3. The van der Waals surface area contributed by atoms with Gasteiger partial charge in [-0.05, 0) is 80.4 Å². The van der Waals surface area contributed by atoms with E-state index < -0.39 is 18.3 Å². The van der Waals surface area contributed by atoms with Crippen LogP contribution in [0.4, 0.5) is 5.69 Å². The summed E-state index contributed by atoms with van der Waals surface area (Å²) in [6.45, 7) is 9.77. The fourth-order valence-electron chi connectivity index (χ4n) is 6.62. The van der Waals surface area contributed by atoms with Gasteiger partial charge < -0.3 is 34.4 Å². The third-order valence-electron chi connectivity index (χ3n) is 9.13. The molecule has 2 atom stereocenters. The van der Waals surface area contributed by atoms with E-state index in [1.54, 1.807) is 23.0 Å². The molecule has 3 aromatic rings. The van der Waals surface area contributed by atoms with Gasteiger partial charge >= 0.3 is 0 Å². The lowest BCUT2D eigenvalue weighted by atomic mass is 9.94. The zero-order valence-corrected chi connectivity index (χ0v) is 31.8. The first kappa shape index (κ1) is 40.4. The Kier molecular flexibility index (Phi) is 15.0. The predicted octanol–water partition coefficient (Wildman–Crippen LogP) is 7.00. The van der Waals surface area contributed by atoms with Crippen molar-refractivity contribution in [2.24, 2.45) is 5.41 Å². The molecule has 2 N–H and O–H groups in total. The molecule has 278 valence electrons. The second-order valence-electron chi connectivity index (χ2n) is 14.4. The highest BCUT2D eigenvalue weighted by Gasteiger charge is 2.41. The lowest BCUT2D eigenvalue weighted by Crippen LogP contribution is -2.47. The van der Waals surface area contributed by atoms with Gasteiger partial charge in [0.25, 0.3) is 5.91 Å². The molecule has 0 bridgehead atoms. The molecule has 2 heterocycles. The van der Waals surface area contributed by atoms with Crippen LogP contribution in [0.1, 0.15) is 75.7 Å². The number of likely N-dealkylation sites (tertiary alicyclic amines) is 1. The van der Waals surface area contributed by atoms with Crippen LogP contribution >= 0.6 is 24.0 Å². The van der Waals surface area contributed by atoms with E-state index in [0.29, 0.717) is 72.4 Å². The van der Waals surface area contributed by atoms with Gasteiger partial charge in [-0.2, -0.15) is 0 Å². The molecule has 5 rings (SSSR count). The molecule has 0 saturated carbocycles. The molecule has 2 aliphatic rings. The molecule has 1 saturated heterocycles. The van der Waals surface area contributed by atoms with E-state index in [-0.39, 0.29) is 36.1 Å². The summed E-state index contributed by atoms with van der Waals surface area (Å²) < 4.78 is 19.0. The number of hydrogen-bond donors (Lipinski definition) is 2. The lowest BCUT2D eigenvalue weighted by Gasteiger charge is -2.33. The predicted molar refractivity (Wildman–Crippen MR) is 204 cm³/mol. The van der Waals surface area contributed by atoms with Crippen molar-refractivity contribution < 1.29 is 28.9 Å². The molecule has 51 heavy (non-hydrogen) atoms. The first-order chi connectivity index (χ1) is 24.0. The average Bonchev–Trinajstić information content (AvgIpc) is 3.19. The minimum Gasteiger partial charge on any atom is -0.492 e. The average molecular weight is 743 g/mol. The molecule has 2 amide bonds. The molecule has 0 unspecified atom stereocenters. The van der Waals surface area contributed by atoms with Crippen LogP contribution in [0.2, 0.25) is 5.02 Å². The zero-order chi connectivity index (χ0) is 35.7. The number of aryl methyl sites for hydroxylation is 1. The number of anilines is 1. The van der Waals surface area contributed by atoms with Crippen LogP contribution in [0.25, 0.3) is 0 Å². The van der Waals surface area contributed by atoms with Crippen LogP contribution in [0.5, 0.6) is 11.5 Å².